The van der Waals surface area contributed by atoms with E-state index in [0.717, 1.165) is 4.41 Å². The minimum Gasteiger partial charge on any atom is -0.505 e. The van der Waals surface area contributed by atoms with Crippen molar-refractivity contribution in [1.29, 1.82) is 0 Å². The normalized spacial score (nSPS) is 17.8. The van der Waals surface area contributed by atoms with Crippen LogP contribution in [0.2, 0.25) is 0 Å². The number of methoxy groups -OCH3 is 3. The molecule has 3 N–H and O–H groups in total. The van der Waals surface area contributed by atoms with Crippen LogP contribution in [0, 0.1) is 4.77 Å². The van der Waals surface area contributed by atoms with Gasteiger partial charge in [-0.3, -0.25) is 10.2 Å². The molecule has 0 aliphatic carbocycles. The number of aliphatic hydroxyl groups is 1. The summed E-state index contributed by atoms with van der Waals surface area (Å²) in [4.78, 5) is 4.50. The fourth-order valence-electron chi connectivity index (χ4n) is 3.46. The van der Waals surface area contributed by atoms with E-state index >= 15 is 0 Å². The van der Waals surface area contributed by atoms with E-state index in [1.807, 2.05) is 0 Å². The zero-order chi connectivity index (χ0) is 23.8. The maximum Gasteiger partial charge on any atom is 0.213 e. The number of benzene rings is 2. The summed E-state index contributed by atoms with van der Waals surface area (Å²) >= 11 is 5.05. The molecule has 1 atom stereocenters. The second-order valence-corrected chi connectivity index (χ2v) is 9.24. The van der Waals surface area contributed by atoms with Crippen molar-refractivity contribution in [3.63, 3.8) is 0 Å². The van der Waals surface area contributed by atoms with Gasteiger partial charge in [-0.15, -0.1) is 0 Å². The van der Waals surface area contributed by atoms with Crippen molar-refractivity contribution < 1.29 is 23.5 Å². The zero-order valence-corrected chi connectivity index (χ0v) is 19.6. The summed E-state index contributed by atoms with van der Waals surface area (Å²) in [5.74, 6) is 5.11. The molecule has 0 bridgehead atoms. The molecular weight excluding hydrogens is 466 g/mol. The molecule has 172 valence electrons. The Labute approximate surface area is 195 Å². The third kappa shape index (κ3) is 3.72. The fourth-order valence-corrected chi connectivity index (χ4v) is 5.25. The molecule has 2 heterocycles. The number of aromatic nitrogens is 3. The fraction of sp³-hybridized carbons (Fsp3) is 0.143. The second kappa shape index (κ2) is 8.64. The molecule has 0 saturated carbocycles. The number of rotatable bonds is 6. The Bertz CT molecular complexity index is 1440. The van der Waals surface area contributed by atoms with Gasteiger partial charge in [-0.2, -0.15) is 14.5 Å². The average molecular weight is 488 g/mol. The highest BCUT2D eigenvalue weighted by Gasteiger charge is 2.35. The van der Waals surface area contributed by atoms with Crippen LogP contribution in [-0.4, -0.2) is 62.3 Å². The van der Waals surface area contributed by atoms with Crippen molar-refractivity contribution in [1.82, 2.24) is 19.6 Å². The Kier molecular flexibility index (Phi) is 5.87. The van der Waals surface area contributed by atoms with Crippen LogP contribution in [0.25, 0.3) is 11.5 Å². The SMILES string of the molecule is C=S1(=O)c2ccccc2C(O)=C(c2nc(=S)[nH][nH]2)N1/N=C/c1ccc(OC)c(OC)c1OC. The molecule has 33 heavy (non-hydrogen) atoms. The van der Waals surface area contributed by atoms with Gasteiger partial charge < -0.3 is 19.3 Å². The van der Waals surface area contributed by atoms with Crippen molar-refractivity contribution in [2.75, 3.05) is 21.3 Å². The van der Waals surface area contributed by atoms with Crippen LogP contribution in [0.15, 0.2) is 46.4 Å². The van der Waals surface area contributed by atoms with E-state index in [2.05, 4.69) is 26.2 Å². The molecule has 0 amide bonds. The molecule has 2 aromatic carbocycles. The smallest absolute Gasteiger partial charge is 0.213 e. The van der Waals surface area contributed by atoms with E-state index in [0.29, 0.717) is 33.3 Å². The molecule has 1 aliphatic heterocycles. The number of H-pyrrole nitrogens is 2. The minimum atomic E-state index is -3.21. The number of hydrogen-bond acceptors (Lipinski definition) is 8. The molecule has 0 spiro atoms. The summed E-state index contributed by atoms with van der Waals surface area (Å²) in [6.45, 7) is 0. The minimum absolute atomic E-state index is 0.0525. The van der Waals surface area contributed by atoms with Gasteiger partial charge in [0.15, 0.2) is 28.8 Å². The molecule has 0 fully saturated rings. The second-order valence-electron chi connectivity index (χ2n) is 6.79. The summed E-state index contributed by atoms with van der Waals surface area (Å²) < 4.78 is 31.4. The standard InChI is InChI=1S/C21H21N5O5S2/c1-29-14-10-9-12(18(30-2)19(14)31-3)11-22-26-16(20-23-21(32)25-24-20)17(27)13-7-5-6-8-15(13)33(26,4)28/h5-11,27H,4H2,1-3H3,(H2,23,24,25,32)/b22-11+. The Hall–Kier alpha value is -3.77. The molecule has 1 unspecified atom stereocenters. The quantitative estimate of drug-likeness (QED) is 0.360. The van der Waals surface area contributed by atoms with Gasteiger partial charge in [0, 0.05) is 11.1 Å². The third-order valence-corrected chi connectivity index (χ3v) is 7.01. The number of nitrogens with zero attached hydrogens (tertiary/aromatic N) is 3. The highest BCUT2D eigenvalue weighted by molar-refractivity contribution is 7.98. The Morgan fingerprint density at radius 3 is 2.48 bits per heavy atom. The molecule has 0 radical (unpaired) electrons. The lowest BCUT2D eigenvalue weighted by molar-refractivity contribution is 0.324. The van der Waals surface area contributed by atoms with Crippen LogP contribution >= 0.6 is 12.2 Å². The number of ether oxygens (including phenoxy) is 3. The first kappa shape index (κ1) is 22.4. The van der Waals surface area contributed by atoms with Gasteiger partial charge in [0.1, 0.15) is 0 Å². The van der Waals surface area contributed by atoms with Crippen LogP contribution in [0.1, 0.15) is 17.0 Å². The first-order valence-electron chi connectivity index (χ1n) is 9.51. The number of aliphatic hydroxyl groups excluding tert-OH is 1. The van der Waals surface area contributed by atoms with E-state index < -0.39 is 9.71 Å². The number of hydrazone groups is 1. The molecule has 1 aliphatic rings. The monoisotopic (exact) mass is 487 g/mol. The van der Waals surface area contributed by atoms with E-state index in [9.17, 15) is 9.32 Å². The lowest BCUT2D eigenvalue weighted by atomic mass is 10.1. The van der Waals surface area contributed by atoms with E-state index in [1.165, 1.54) is 27.5 Å². The Morgan fingerprint density at radius 2 is 1.85 bits per heavy atom. The molecular formula is C21H21N5O5S2. The lowest BCUT2D eigenvalue weighted by Crippen LogP contribution is -2.30. The van der Waals surface area contributed by atoms with Crippen molar-refractivity contribution in [3.05, 3.63) is 58.1 Å². The lowest BCUT2D eigenvalue weighted by Gasteiger charge is -2.31. The van der Waals surface area contributed by atoms with Gasteiger partial charge in [0.25, 0.3) is 0 Å². The molecule has 10 nitrogen and oxygen atoms in total. The van der Waals surface area contributed by atoms with Crippen molar-refractivity contribution in [3.8, 4) is 17.2 Å². The molecule has 4 rings (SSSR count). The van der Waals surface area contributed by atoms with Crippen LogP contribution in [-0.2, 0) is 9.71 Å². The number of nitrogens with one attached hydrogen (secondary N) is 2. The highest BCUT2D eigenvalue weighted by Crippen LogP contribution is 2.41. The molecule has 12 heteroatoms. The molecule has 3 aromatic rings. The number of fused-ring (bicyclic) bond motifs is 1. The van der Waals surface area contributed by atoms with Gasteiger partial charge in [0.2, 0.25) is 10.5 Å². The Balaban J connectivity index is 1.92. The van der Waals surface area contributed by atoms with Crippen LogP contribution in [0.4, 0.5) is 0 Å². The van der Waals surface area contributed by atoms with Crippen LogP contribution < -0.4 is 14.2 Å². The first-order valence-corrected chi connectivity index (χ1v) is 11.6. The van der Waals surface area contributed by atoms with Gasteiger partial charge in [-0.1, -0.05) is 12.1 Å². The van der Waals surface area contributed by atoms with Crippen molar-refractivity contribution >= 4 is 45.5 Å². The molecule has 1 aromatic heterocycles. The van der Waals surface area contributed by atoms with Crippen molar-refractivity contribution in [2.45, 2.75) is 4.90 Å². The van der Waals surface area contributed by atoms with Crippen LogP contribution in [0.5, 0.6) is 17.2 Å². The van der Waals surface area contributed by atoms with E-state index in [4.69, 9.17) is 26.4 Å². The predicted molar refractivity (Wildman–Crippen MR) is 129 cm³/mol. The topological polar surface area (TPSA) is 125 Å². The zero-order valence-electron chi connectivity index (χ0n) is 18.0. The summed E-state index contributed by atoms with van der Waals surface area (Å²) in [6.07, 6.45) is 1.42. The first-order chi connectivity index (χ1) is 15.8. The van der Waals surface area contributed by atoms with Gasteiger partial charge in [-0.25, -0.2) is 4.21 Å². The third-order valence-electron chi connectivity index (χ3n) is 4.94. The summed E-state index contributed by atoms with van der Waals surface area (Å²) in [6, 6.07) is 10.1. The summed E-state index contributed by atoms with van der Waals surface area (Å²) in [5, 5.41) is 20.9. The molecule has 0 saturated heterocycles. The van der Waals surface area contributed by atoms with E-state index in [-0.39, 0.29) is 22.1 Å². The number of aromatic amines is 2. The van der Waals surface area contributed by atoms with Gasteiger partial charge in [0.05, 0.1) is 42.1 Å². The van der Waals surface area contributed by atoms with E-state index in [1.54, 1.807) is 36.4 Å². The summed E-state index contributed by atoms with van der Waals surface area (Å²) in [5.41, 5.74) is 0.930. The Morgan fingerprint density at radius 1 is 1.12 bits per heavy atom. The maximum absolute atomic E-state index is 13.9. The maximum atomic E-state index is 13.9. The van der Waals surface area contributed by atoms with Gasteiger partial charge >= 0.3 is 0 Å². The van der Waals surface area contributed by atoms with Crippen LogP contribution in [0.3, 0.4) is 0 Å². The predicted octanol–water partition coefficient (Wildman–Crippen LogP) is 3.22. The summed E-state index contributed by atoms with van der Waals surface area (Å²) in [7, 11) is 1.28. The largest absolute Gasteiger partial charge is 0.505 e. The van der Waals surface area contributed by atoms with Gasteiger partial charge in [-0.05, 0) is 42.4 Å². The highest BCUT2D eigenvalue weighted by atomic mass is 32.2. The average Bonchev–Trinajstić information content (AvgIpc) is 3.25. The van der Waals surface area contributed by atoms with Crippen molar-refractivity contribution in [2.24, 2.45) is 5.10 Å². The number of hydrogen-bond donors (Lipinski definition) is 3.